The number of hydrogen-bond acceptors (Lipinski definition) is 3. The van der Waals surface area contributed by atoms with Gasteiger partial charge in [-0.05, 0) is 73.1 Å². The van der Waals surface area contributed by atoms with E-state index >= 15 is 0 Å². The molecule has 33 heavy (non-hydrogen) atoms. The van der Waals surface area contributed by atoms with Gasteiger partial charge in [0.25, 0.3) is 0 Å². The summed E-state index contributed by atoms with van der Waals surface area (Å²) >= 11 is 0. The van der Waals surface area contributed by atoms with Crippen molar-refractivity contribution in [3.63, 3.8) is 0 Å². The summed E-state index contributed by atoms with van der Waals surface area (Å²) in [6.45, 7) is 8.30. The summed E-state index contributed by atoms with van der Waals surface area (Å²) in [5.41, 5.74) is 6.99. The highest BCUT2D eigenvalue weighted by Crippen LogP contribution is 2.36. The van der Waals surface area contributed by atoms with Gasteiger partial charge in [-0.15, -0.1) is 0 Å². The molecule has 164 valence electrons. The van der Waals surface area contributed by atoms with Gasteiger partial charge in [-0.3, -0.25) is 4.98 Å². The van der Waals surface area contributed by atoms with Crippen LogP contribution in [0.15, 0.2) is 97.2 Å². The molecule has 1 aromatic heterocycles. The Morgan fingerprint density at radius 1 is 0.576 bits per heavy atom. The molecule has 0 spiro atoms. The van der Waals surface area contributed by atoms with Crippen LogP contribution in [0.2, 0.25) is 0 Å². The molecule has 1 saturated heterocycles. The SMILES string of the molecule is CC1(C)OB(c2cccc(-c3cc(-c4ccc(-c5ccccc5)cc4)ccn3)c2)OC1(C)C. The first kappa shape index (κ1) is 21.6. The van der Waals surface area contributed by atoms with Gasteiger partial charge in [-0.2, -0.15) is 0 Å². The van der Waals surface area contributed by atoms with E-state index in [1.54, 1.807) is 0 Å². The van der Waals surface area contributed by atoms with Gasteiger partial charge in [0.1, 0.15) is 0 Å². The molecular formula is C29H28BNO2. The number of nitrogens with zero attached hydrogens (tertiary/aromatic N) is 1. The van der Waals surface area contributed by atoms with E-state index in [2.05, 4.69) is 112 Å². The van der Waals surface area contributed by atoms with Gasteiger partial charge in [-0.25, -0.2) is 0 Å². The molecule has 3 aromatic carbocycles. The van der Waals surface area contributed by atoms with E-state index in [0.717, 1.165) is 22.3 Å². The normalized spacial score (nSPS) is 16.7. The Morgan fingerprint density at radius 2 is 1.15 bits per heavy atom. The number of pyridine rings is 1. The fourth-order valence-electron chi connectivity index (χ4n) is 4.08. The van der Waals surface area contributed by atoms with E-state index in [1.165, 1.54) is 16.7 Å². The van der Waals surface area contributed by atoms with Gasteiger partial charge in [0.05, 0.1) is 16.9 Å². The summed E-state index contributed by atoms with van der Waals surface area (Å²) in [4.78, 5) is 4.64. The molecule has 0 saturated carbocycles. The Kier molecular flexibility index (Phi) is 5.44. The molecule has 0 aliphatic carbocycles. The van der Waals surface area contributed by atoms with Crippen LogP contribution in [0.5, 0.6) is 0 Å². The van der Waals surface area contributed by atoms with Crippen LogP contribution < -0.4 is 5.46 Å². The average Bonchev–Trinajstić information content (AvgIpc) is 3.07. The molecule has 4 heteroatoms. The highest BCUT2D eigenvalue weighted by atomic mass is 16.7. The molecule has 0 unspecified atom stereocenters. The van der Waals surface area contributed by atoms with E-state index < -0.39 is 0 Å². The van der Waals surface area contributed by atoms with Crippen LogP contribution in [0.25, 0.3) is 33.5 Å². The number of aromatic nitrogens is 1. The lowest BCUT2D eigenvalue weighted by Gasteiger charge is -2.32. The zero-order valence-corrected chi connectivity index (χ0v) is 19.6. The molecular weight excluding hydrogens is 405 g/mol. The number of rotatable bonds is 4. The molecule has 2 heterocycles. The maximum atomic E-state index is 6.24. The Bertz CT molecular complexity index is 1250. The molecule has 1 fully saturated rings. The quantitative estimate of drug-likeness (QED) is 0.350. The topological polar surface area (TPSA) is 31.4 Å². The van der Waals surface area contributed by atoms with Crippen LogP contribution >= 0.6 is 0 Å². The molecule has 1 aliphatic heterocycles. The monoisotopic (exact) mass is 433 g/mol. The molecule has 3 nitrogen and oxygen atoms in total. The Balaban J connectivity index is 1.42. The van der Waals surface area contributed by atoms with Crippen LogP contribution in [-0.4, -0.2) is 23.3 Å². The largest absolute Gasteiger partial charge is 0.494 e. The van der Waals surface area contributed by atoms with Crippen molar-refractivity contribution in [3.05, 3.63) is 97.2 Å². The first-order valence-corrected chi connectivity index (χ1v) is 11.4. The maximum Gasteiger partial charge on any atom is 0.494 e. The molecule has 4 aromatic rings. The van der Waals surface area contributed by atoms with Gasteiger partial charge in [-0.1, -0.05) is 78.9 Å². The average molecular weight is 433 g/mol. The number of hydrogen-bond donors (Lipinski definition) is 0. The first-order valence-electron chi connectivity index (χ1n) is 11.4. The Labute approximate surface area is 196 Å². The lowest BCUT2D eigenvalue weighted by Crippen LogP contribution is -2.41. The predicted molar refractivity (Wildman–Crippen MR) is 136 cm³/mol. The van der Waals surface area contributed by atoms with E-state index in [0.29, 0.717) is 0 Å². The van der Waals surface area contributed by atoms with Crippen molar-refractivity contribution in [2.75, 3.05) is 0 Å². The molecule has 0 N–H and O–H groups in total. The molecule has 0 bridgehead atoms. The van der Waals surface area contributed by atoms with Gasteiger partial charge < -0.3 is 9.31 Å². The smallest absolute Gasteiger partial charge is 0.399 e. The van der Waals surface area contributed by atoms with Gasteiger partial charge in [0.2, 0.25) is 0 Å². The summed E-state index contributed by atoms with van der Waals surface area (Å²) in [6.07, 6.45) is 1.87. The molecule has 5 rings (SSSR count). The third-order valence-corrected chi connectivity index (χ3v) is 6.79. The van der Waals surface area contributed by atoms with Crippen molar-refractivity contribution in [3.8, 4) is 33.5 Å². The van der Waals surface area contributed by atoms with E-state index in [9.17, 15) is 0 Å². The number of benzene rings is 3. The second-order valence-electron chi connectivity index (χ2n) is 9.59. The van der Waals surface area contributed by atoms with E-state index in [1.807, 2.05) is 18.3 Å². The molecule has 0 radical (unpaired) electrons. The lowest BCUT2D eigenvalue weighted by atomic mass is 9.78. The fraction of sp³-hybridized carbons (Fsp3) is 0.207. The van der Waals surface area contributed by atoms with Crippen molar-refractivity contribution in [1.29, 1.82) is 0 Å². The van der Waals surface area contributed by atoms with Crippen molar-refractivity contribution < 1.29 is 9.31 Å². The fourth-order valence-corrected chi connectivity index (χ4v) is 4.08. The van der Waals surface area contributed by atoms with Crippen LogP contribution in [0.4, 0.5) is 0 Å². The Hall–Kier alpha value is -3.21. The highest BCUT2D eigenvalue weighted by molar-refractivity contribution is 6.62. The second-order valence-corrected chi connectivity index (χ2v) is 9.59. The third-order valence-electron chi connectivity index (χ3n) is 6.79. The standard InChI is InChI=1S/C29H28BNO2/c1-28(2)29(3,4)33-30(32-28)26-12-8-11-25(19-26)27-20-24(17-18-31-27)23-15-13-22(14-16-23)21-9-6-5-7-10-21/h5-20H,1-4H3. The molecule has 1 aliphatic rings. The zero-order chi connectivity index (χ0) is 23.1. The molecule has 0 atom stereocenters. The lowest BCUT2D eigenvalue weighted by molar-refractivity contribution is 0.00578. The van der Waals surface area contributed by atoms with Gasteiger partial charge >= 0.3 is 7.12 Å². The van der Waals surface area contributed by atoms with Gasteiger partial charge in [0.15, 0.2) is 0 Å². The minimum Gasteiger partial charge on any atom is -0.399 e. The van der Waals surface area contributed by atoms with Gasteiger partial charge in [0, 0.05) is 6.20 Å². The van der Waals surface area contributed by atoms with Crippen LogP contribution in [0, 0.1) is 0 Å². The first-order chi connectivity index (χ1) is 15.8. The second kappa shape index (κ2) is 8.29. The van der Waals surface area contributed by atoms with Crippen molar-refractivity contribution >= 4 is 12.6 Å². The van der Waals surface area contributed by atoms with Crippen LogP contribution in [-0.2, 0) is 9.31 Å². The summed E-state index contributed by atoms with van der Waals surface area (Å²) < 4.78 is 12.5. The van der Waals surface area contributed by atoms with Crippen molar-refractivity contribution in [2.24, 2.45) is 0 Å². The molecule has 0 amide bonds. The van der Waals surface area contributed by atoms with Crippen LogP contribution in [0.1, 0.15) is 27.7 Å². The van der Waals surface area contributed by atoms with Crippen LogP contribution in [0.3, 0.4) is 0 Å². The van der Waals surface area contributed by atoms with Crippen molar-refractivity contribution in [1.82, 2.24) is 4.98 Å². The third kappa shape index (κ3) is 4.24. The van der Waals surface area contributed by atoms with Crippen molar-refractivity contribution in [2.45, 2.75) is 38.9 Å². The minimum atomic E-state index is -0.385. The predicted octanol–water partition coefficient (Wildman–Crippen LogP) is 6.38. The minimum absolute atomic E-state index is 0.363. The zero-order valence-electron chi connectivity index (χ0n) is 19.6. The summed E-state index contributed by atoms with van der Waals surface area (Å²) in [5.74, 6) is 0. The Morgan fingerprint density at radius 3 is 1.82 bits per heavy atom. The highest BCUT2D eigenvalue weighted by Gasteiger charge is 2.51. The summed E-state index contributed by atoms with van der Waals surface area (Å²) in [7, 11) is -0.385. The summed E-state index contributed by atoms with van der Waals surface area (Å²) in [5, 5.41) is 0. The van der Waals surface area contributed by atoms with E-state index in [4.69, 9.17) is 9.31 Å². The van der Waals surface area contributed by atoms with E-state index in [-0.39, 0.29) is 18.3 Å². The summed E-state index contributed by atoms with van der Waals surface area (Å²) in [6, 6.07) is 31.6. The maximum absolute atomic E-state index is 6.24.